The summed E-state index contributed by atoms with van der Waals surface area (Å²) < 4.78 is 0. The highest BCUT2D eigenvalue weighted by Crippen LogP contribution is 2.07. The molecule has 0 saturated carbocycles. The standard InChI is InChI=1S/C14H18N4S.HI/c1-15-14(17-9-7-13-6-4-10-19-13)18-11-12-5-2-3-8-16-12;/h2-6,8,10H,7,9,11H2,1H3,(H2,15,17,18);1H. The fourth-order valence-corrected chi connectivity index (χ4v) is 2.37. The van der Waals surface area contributed by atoms with E-state index in [1.807, 2.05) is 18.2 Å². The first-order valence-electron chi connectivity index (χ1n) is 6.25. The van der Waals surface area contributed by atoms with Gasteiger partial charge >= 0.3 is 0 Å². The number of rotatable bonds is 5. The Bertz CT molecular complexity index is 499. The van der Waals surface area contributed by atoms with Crippen LogP contribution >= 0.6 is 35.3 Å². The van der Waals surface area contributed by atoms with Gasteiger partial charge in [-0.2, -0.15) is 0 Å². The Labute approximate surface area is 140 Å². The van der Waals surface area contributed by atoms with E-state index in [1.54, 1.807) is 24.6 Å². The molecule has 2 heterocycles. The summed E-state index contributed by atoms with van der Waals surface area (Å²) in [7, 11) is 1.78. The molecule has 6 heteroatoms. The molecule has 4 nitrogen and oxygen atoms in total. The molecule has 2 aromatic heterocycles. The van der Waals surface area contributed by atoms with Crippen molar-refractivity contribution in [2.24, 2.45) is 4.99 Å². The Hall–Kier alpha value is -1.15. The van der Waals surface area contributed by atoms with Gasteiger partial charge in [0.2, 0.25) is 0 Å². The molecule has 2 N–H and O–H groups in total. The second-order valence-corrected chi connectivity index (χ2v) is 5.04. The van der Waals surface area contributed by atoms with E-state index in [1.165, 1.54) is 4.88 Å². The number of aliphatic imine (C=N–C) groups is 1. The molecule has 0 bridgehead atoms. The number of pyridine rings is 1. The largest absolute Gasteiger partial charge is 0.356 e. The molecule has 0 aromatic carbocycles. The Morgan fingerprint density at radius 3 is 2.80 bits per heavy atom. The van der Waals surface area contributed by atoms with Gasteiger partial charge in [-0.3, -0.25) is 9.98 Å². The lowest BCUT2D eigenvalue weighted by Gasteiger charge is -2.11. The first-order valence-corrected chi connectivity index (χ1v) is 7.13. The lowest BCUT2D eigenvalue weighted by atomic mass is 10.3. The smallest absolute Gasteiger partial charge is 0.191 e. The summed E-state index contributed by atoms with van der Waals surface area (Å²) in [5.74, 6) is 0.808. The zero-order chi connectivity index (χ0) is 13.3. The zero-order valence-electron chi connectivity index (χ0n) is 11.4. The molecule has 2 rings (SSSR count). The average molecular weight is 402 g/mol. The minimum absolute atomic E-state index is 0. The van der Waals surface area contributed by atoms with Crippen molar-refractivity contribution >= 4 is 41.3 Å². The quantitative estimate of drug-likeness (QED) is 0.460. The number of hydrogen-bond acceptors (Lipinski definition) is 3. The first-order chi connectivity index (χ1) is 9.38. The molecule has 0 radical (unpaired) electrons. The third kappa shape index (κ3) is 5.87. The van der Waals surface area contributed by atoms with Crippen LogP contribution in [0.1, 0.15) is 10.6 Å². The van der Waals surface area contributed by atoms with E-state index in [9.17, 15) is 0 Å². The Kier molecular flexibility index (Phi) is 8.20. The van der Waals surface area contributed by atoms with Crippen LogP contribution in [0, 0.1) is 0 Å². The van der Waals surface area contributed by atoms with Crippen LogP contribution in [-0.2, 0) is 13.0 Å². The molecule has 0 saturated heterocycles. The molecule has 0 aliphatic rings. The van der Waals surface area contributed by atoms with Crippen LogP contribution in [0.15, 0.2) is 46.9 Å². The third-order valence-electron chi connectivity index (χ3n) is 2.63. The maximum atomic E-state index is 4.26. The molecule has 2 aromatic rings. The van der Waals surface area contributed by atoms with Crippen molar-refractivity contribution < 1.29 is 0 Å². The van der Waals surface area contributed by atoms with E-state index in [-0.39, 0.29) is 24.0 Å². The molecule has 0 spiro atoms. The number of nitrogens with one attached hydrogen (secondary N) is 2. The molecule has 0 unspecified atom stereocenters. The normalized spacial score (nSPS) is 10.8. The van der Waals surface area contributed by atoms with Gasteiger partial charge in [-0.25, -0.2) is 0 Å². The Balaban J connectivity index is 0.00000200. The molecule has 0 aliphatic carbocycles. The monoisotopic (exact) mass is 402 g/mol. The van der Waals surface area contributed by atoms with Crippen LogP contribution in [0.2, 0.25) is 0 Å². The highest BCUT2D eigenvalue weighted by Gasteiger charge is 1.99. The number of thiophene rings is 1. The highest BCUT2D eigenvalue weighted by atomic mass is 127. The molecule has 0 amide bonds. The van der Waals surface area contributed by atoms with Crippen LogP contribution in [0.25, 0.3) is 0 Å². The average Bonchev–Trinajstić information content (AvgIpc) is 2.97. The van der Waals surface area contributed by atoms with Crippen molar-refractivity contribution in [2.75, 3.05) is 13.6 Å². The molecular formula is C14H19IN4S. The van der Waals surface area contributed by atoms with Crippen molar-refractivity contribution in [3.8, 4) is 0 Å². The number of nitrogens with zero attached hydrogens (tertiary/aromatic N) is 2. The van der Waals surface area contributed by atoms with Crippen LogP contribution in [0.4, 0.5) is 0 Å². The molecule has 0 atom stereocenters. The van der Waals surface area contributed by atoms with Crippen LogP contribution in [0.3, 0.4) is 0 Å². The minimum Gasteiger partial charge on any atom is -0.356 e. The van der Waals surface area contributed by atoms with E-state index in [0.29, 0.717) is 6.54 Å². The Morgan fingerprint density at radius 2 is 2.15 bits per heavy atom. The van der Waals surface area contributed by atoms with Gasteiger partial charge in [0.15, 0.2) is 5.96 Å². The van der Waals surface area contributed by atoms with E-state index in [0.717, 1.165) is 24.6 Å². The van der Waals surface area contributed by atoms with Crippen molar-refractivity contribution in [3.05, 3.63) is 52.5 Å². The Morgan fingerprint density at radius 1 is 1.25 bits per heavy atom. The molecule has 108 valence electrons. The molecule has 0 aliphatic heterocycles. The van der Waals surface area contributed by atoms with Gasteiger partial charge in [0.1, 0.15) is 0 Å². The van der Waals surface area contributed by atoms with E-state index >= 15 is 0 Å². The number of halogens is 1. The van der Waals surface area contributed by atoms with Crippen LogP contribution in [0.5, 0.6) is 0 Å². The predicted octanol–water partition coefficient (Wildman–Crippen LogP) is 2.67. The summed E-state index contributed by atoms with van der Waals surface area (Å²) in [6.45, 7) is 1.56. The van der Waals surface area contributed by atoms with Crippen LogP contribution in [-0.4, -0.2) is 24.5 Å². The lowest BCUT2D eigenvalue weighted by Crippen LogP contribution is -2.37. The molecule has 20 heavy (non-hydrogen) atoms. The fraction of sp³-hybridized carbons (Fsp3) is 0.286. The number of hydrogen-bond donors (Lipinski definition) is 2. The van der Waals surface area contributed by atoms with E-state index < -0.39 is 0 Å². The summed E-state index contributed by atoms with van der Waals surface area (Å²) in [5.41, 5.74) is 1.00. The van der Waals surface area contributed by atoms with Crippen LogP contribution < -0.4 is 10.6 Å². The first kappa shape index (κ1) is 16.9. The van der Waals surface area contributed by atoms with Gasteiger partial charge in [-0.1, -0.05) is 12.1 Å². The van der Waals surface area contributed by atoms with Gasteiger partial charge in [-0.15, -0.1) is 35.3 Å². The van der Waals surface area contributed by atoms with Gasteiger partial charge in [0, 0.05) is 24.7 Å². The maximum absolute atomic E-state index is 4.26. The lowest BCUT2D eigenvalue weighted by molar-refractivity contribution is 0.787. The molecule has 0 fully saturated rings. The van der Waals surface area contributed by atoms with Crippen molar-refractivity contribution in [1.29, 1.82) is 0 Å². The highest BCUT2D eigenvalue weighted by molar-refractivity contribution is 14.0. The van der Waals surface area contributed by atoms with Crippen molar-refractivity contribution in [3.63, 3.8) is 0 Å². The van der Waals surface area contributed by atoms with Gasteiger partial charge < -0.3 is 10.6 Å². The SMILES string of the molecule is CN=C(NCCc1cccs1)NCc1ccccn1.I. The number of aromatic nitrogens is 1. The predicted molar refractivity (Wildman–Crippen MR) is 95.9 cm³/mol. The van der Waals surface area contributed by atoms with Crippen molar-refractivity contribution in [2.45, 2.75) is 13.0 Å². The van der Waals surface area contributed by atoms with E-state index in [2.05, 4.69) is 38.1 Å². The summed E-state index contributed by atoms with van der Waals surface area (Å²) in [6, 6.07) is 10.1. The van der Waals surface area contributed by atoms with Gasteiger partial charge in [0.05, 0.1) is 12.2 Å². The summed E-state index contributed by atoms with van der Waals surface area (Å²) >= 11 is 1.78. The fourth-order valence-electron chi connectivity index (χ4n) is 1.66. The second kappa shape index (κ2) is 9.71. The third-order valence-corrected chi connectivity index (χ3v) is 3.57. The van der Waals surface area contributed by atoms with E-state index in [4.69, 9.17) is 0 Å². The zero-order valence-corrected chi connectivity index (χ0v) is 14.5. The maximum Gasteiger partial charge on any atom is 0.191 e. The summed E-state index contributed by atoms with van der Waals surface area (Å²) in [5, 5.41) is 8.64. The number of guanidine groups is 1. The summed E-state index contributed by atoms with van der Waals surface area (Å²) in [4.78, 5) is 9.84. The van der Waals surface area contributed by atoms with Gasteiger partial charge in [-0.05, 0) is 30.0 Å². The minimum atomic E-state index is 0. The summed E-state index contributed by atoms with van der Waals surface area (Å²) in [6.07, 6.45) is 2.81. The van der Waals surface area contributed by atoms with Gasteiger partial charge in [0.25, 0.3) is 0 Å². The molecular weight excluding hydrogens is 383 g/mol. The topological polar surface area (TPSA) is 49.3 Å². The second-order valence-electron chi connectivity index (χ2n) is 4.00. The van der Waals surface area contributed by atoms with Crippen molar-refractivity contribution in [1.82, 2.24) is 15.6 Å².